The highest BCUT2D eigenvalue weighted by molar-refractivity contribution is 9.10. The molecule has 0 saturated heterocycles. The largest absolute Gasteiger partial charge is 0.480 e. The van der Waals surface area contributed by atoms with Gasteiger partial charge in [-0.1, -0.05) is 0 Å². The van der Waals surface area contributed by atoms with Crippen molar-refractivity contribution in [3.8, 4) is 5.88 Å². The third kappa shape index (κ3) is 4.40. The number of rotatable bonds is 8. The molecular formula is C11H19BrN4O2. The van der Waals surface area contributed by atoms with Crippen molar-refractivity contribution >= 4 is 21.9 Å². The highest BCUT2D eigenvalue weighted by atomic mass is 79.9. The molecule has 102 valence electrons. The molecule has 0 fully saturated rings. The van der Waals surface area contributed by atoms with E-state index in [2.05, 4.69) is 25.9 Å². The van der Waals surface area contributed by atoms with Crippen LogP contribution in [0, 0.1) is 0 Å². The molecule has 0 amide bonds. The van der Waals surface area contributed by atoms with E-state index in [0.29, 0.717) is 25.0 Å². The summed E-state index contributed by atoms with van der Waals surface area (Å²) in [6, 6.07) is 0. The van der Waals surface area contributed by atoms with E-state index in [1.165, 1.54) is 0 Å². The van der Waals surface area contributed by atoms with E-state index in [0.717, 1.165) is 24.0 Å². The lowest BCUT2D eigenvalue weighted by Gasteiger charge is -2.22. The number of aromatic nitrogens is 2. The molecule has 0 spiro atoms. The van der Waals surface area contributed by atoms with Crippen LogP contribution >= 0.6 is 15.9 Å². The van der Waals surface area contributed by atoms with Crippen LogP contribution in [0.15, 0.2) is 10.7 Å². The maximum absolute atomic E-state index is 5.53. The molecule has 0 aliphatic carbocycles. The van der Waals surface area contributed by atoms with Crippen LogP contribution in [0.5, 0.6) is 5.88 Å². The summed E-state index contributed by atoms with van der Waals surface area (Å²) in [5.41, 5.74) is 5.53. The SMILES string of the molecule is COCCN(CCCN)c1ncc(Br)c(OC)n1. The predicted molar refractivity (Wildman–Crippen MR) is 74.0 cm³/mol. The second kappa shape index (κ2) is 8.23. The van der Waals surface area contributed by atoms with Crippen LogP contribution in [0.2, 0.25) is 0 Å². The molecule has 0 saturated carbocycles. The van der Waals surface area contributed by atoms with Gasteiger partial charge in [-0.15, -0.1) is 0 Å². The number of ether oxygens (including phenoxy) is 2. The molecule has 0 radical (unpaired) electrons. The van der Waals surface area contributed by atoms with Crippen LogP contribution in [0.1, 0.15) is 6.42 Å². The maximum Gasteiger partial charge on any atom is 0.232 e. The van der Waals surface area contributed by atoms with Crippen molar-refractivity contribution in [1.82, 2.24) is 9.97 Å². The van der Waals surface area contributed by atoms with Gasteiger partial charge in [0.15, 0.2) is 0 Å². The summed E-state index contributed by atoms with van der Waals surface area (Å²) in [6.45, 7) is 2.77. The van der Waals surface area contributed by atoms with E-state index in [1.807, 2.05) is 4.90 Å². The first-order valence-corrected chi connectivity index (χ1v) is 6.52. The lowest BCUT2D eigenvalue weighted by molar-refractivity contribution is 0.204. The zero-order chi connectivity index (χ0) is 13.4. The maximum atomic E-state index is 5.53. The van der Waals surface area contributed by atoms with E-state index < -0.39 is 0 Å². The Bertz CT molecular complexity index is 357. The fraction of sp³-hybridized carbons (Fsp3) is 0.636. The number of nitrogens with two attached hydrogens (primary N) is 1. The van der Waals surface area contributed by atoms with Gasteiger partial charge in [0.1, 0.15) is 0 Å². The van der Waals surface area contributed by atoms with Crippen molar-refractivity contribution in [3.05, 3.63) is 10.7 Å². The van der Waals surface area contributed by atoms with Gasteiger partial charge in [0.2, 0.25) is 11.8 Å². The van der Waals surface area contributed by atoms with Crippen molar-refractivity contribution in [3.63, 3.8) is 0 Å². The smallest absolute Gasteiger partial charge is 0.232 e. The van der Waals surface area contributed by atoms with Crippen molar-refractivity contribution < 1.29 is 9.47 Å². The number of nitrogens with zero attached hydrogens (tertiary/aromatic N) is 3. The van der Waals surface area contributed by atoms with Gasteiger partial charge in [-0.2, -0.15) is 4.98 Å². The molecule has 0 unspecified atom stereocenters. The molecule has 18 heavy (non-hydrogen) atoms. The number of halogens is 1. The quantitative estimate of drug-likeness (QED) is 0.772. The van der Waals surface area contributed by atoms with Crippen molar-refractivity contribution in [2.75, 3.05) is 45.4 Å². The molecule has 1 aromatic rings. The summed E-state index contributed by atoms with van der Waals surface area (Å²) in [6.07, 6.45) is 2.56. The van der Waals surface area contributed by atoms with Gasteiger partial charge in [-0.3, -0.25) is 0 Å². The van der Waals surface area contributed by atoms with Crippen LogP contribution in [0.3, 0.4) is 0 Å². The highest BCUT2D eigenvalue weighted by Gasteiger charge is 2.12. The van der Waals surface area contributed by atoms with Crippen molar-refractivity contribution in [1.29, 1.82) is 0 Å². The van der Waals surface area contributed by atoms with Gasteiger partial charge in [0.05, 0.1) is 24.4 Å². The van der Waals surface area contributed by atoms with Crippen molar-refractivity contribution in [2.45, 2.75) is 6.42 Å². The lowest BCUT2D eigenvalue weighted by atomic mass is 10.4. The minimum atomic E-state index is 0.523. The summed E-state index contributed by atoms with van der Waals surface area (Å²) < 4.78 is 11.0. The Kier molecular flexibility index (Phi) is 6.92. The average Bonchev–Trinajstić information content (AvgIpc) is 2.40. The highest BCUT2D eigenvalue weighted by Crippen LogP contribution is 2.23. The normalized spacial score (nSPS) is 10.4. The van der Waals surface area contributed by atoms with Crippen molar-refractivity contribution in [2.24, 2.45) is 5.73 Å². The van der Waals surface area contributed by atoms with E-state index in [9.17, 15) is 0 Å². The van der Waals surface area contributed by atoms with Gasteiger partial charge in [-0.25, -0.2) is 4.98 Å². The number of hydrogen-bond acceptors (Lipinski definition) is 6. The van der Waals surface area contributed by atoms with Gasteiger partial charge in [0, 0.05) is 20.2 Å². The Hall–Kier alpha value is -0.920. The lowest BCUT2D eigenvalue weighted by Crippen LogP contribution is -2.31. The minimum absolute atomic E-state index is 0.523. The molecule has 1 rings (SSSR count). The van der Waals surface area contributed by atoms with Crippen LogP contribution < -0.4 is 15.4 Å². The van der Waals surface area contributed by atoms with E-state index in [4.69, 9.17) is 15.2 Å². The van der Waals surface area contributed by atoms with Crippen LogP contribution in [0.25, 0.3) is 0 Å². The monoisotopic (exact) mass is 318 g/mol. The summed E-state index contributed by atoms with van der Waals surface area (Å²) >= 11 is 3.33. The summed E-state index contributed by atoms with van der Waals surface area (Å²) in [5, 5.41) is 0. The van der Waals surface area contributed by atoms with E-state index in [1.54, 1.807) is 20.4 Å². The molecule has 1 heterocycles. The molecule has 2 N–H and O–H groups in total. The fourth-order valence-electron chi connectivity index (χ4n) is 1.43. The summed E-state index contributed by atoms with van der Waals surface area (Å²) in [5.74, 6) is 1.15. The molecule has 0 bridgehead atoms. The molecule has 0 aromatic carbocycles. The molecule has 6 nitrogen and oxygen atoms in total. The van der Waals surface area contributed by atoms with Gasteiger partial charge >= 0.3 is 0 Å². The molecule has 0 atom stereocenters. The Morgan fingerprint density at radius 1 is 1.39 bits per heavy atom. The number of anilines is 1. The number of hydrogen-bond donors (Lipinski definition) is 1. The second-order valence-electron chi connectivity index (χ2n) is 3.65. The zero-order valence-corrected chi connectivity index (χ0v) is 12.3. The first-order valence-electron chi connectivity index (χ1n) is 5.73. The molecule has 1 aromatic heterocycles. The Morgan fingerprint density at radius 3 is 2.78 bits per heavy atom. The molecular weight excluding hydrogens is 300 g/mol. The first kappa shape index (κ1) is 15.1. The van der Waals surface area contributed by atoms with Crippen LogP contribution in [-0.4, -0.2) is 50.4 Å². The second-order valence-corrected chi connectivity index (χ2v) is 4.50. The van der Waals surface area contributed by atoms with Gasteiger partial charge in [0.25, 0.3) is 0 Å². The van der Waals surface area contributed by atoms with E-state index >= 15 is 0 Å². The minimum Gasteiger partial charge on any atom is -0.480 e. The molecule has 0 aliphatic rings. The predicted octanol–water partition coefficient (Wildman–Crippen LogP) is 1.05. The Balaban J connectivity index is 2.82. The van der Waals surface area contributed by atoms with Crippen LogP contribution in [0.4, 0.5) is 5.95 Å². The molecule has 7 heteroatoms. The Morgan fingerprint density at radius 2 is 2.17 bits per heavy atom. The van der Waals surface area contributed by atoms with Gasteiger partial charge in [-0.05, 0) is 28.9 Å². The average molecular weight is 319 g/mol. The first-order chi connectivity index (χ1) is 8.72. The third-order valence-electron chi connectivity index (χ3n) is 2.37. The number of methoxy groups -OCH3 is 2. The third-order valence-corrected chi connectivity index (χ3v) is 2.92. The van der Waals surface area contributed by atoms with E-state index in [-0.39, 0.29) is 0 Å². The standard InChI is InChI=1S/C11H19BrN4O2/c1-17-7-6-16(5-3-4-13)11-14-8-9(12)10(15-11)18-2/h8H,3-7,13H2,1-2H3. The topological polar surface area (TPSA) is 73.5 Å². The molecule has 0 aliphatic heterocycles. The summed E-state index contributed by atoms with van der Waals surface area (Å²) in [4.78, 5) is 10.7. The Labute approximate surface area is 116 Å². The summed E-state index contributed by atoms with van der Waals surface area (Å²) in [7, 11) is 3.25. The zero-order valence-electron chi connectivity index (χ0n) is 10.7. The van der Waals surface area contributed by atoms with Gasteiger partial charge < -0.3 is 20.1 Å². The fourth-order valence-corrected chi connectivity index (χ4v) is 1.79. The van der Waals surface area contributed by atoms with Crippen LogP contribution in [-0.2, 0) is 4.74 Å².